The maximum absolute atomic E-state index is 13.0. The number of carbonyl (C=O) groups excluding carboxylic acids is 2. The second-order valence-corrected chi connectivity index (χ2v) is 7.93. The van der Waals surface area contributed by atoms with Gasteiger partial charge in [-0.15, -0.1) is 0 Å². The zero-order valence-corrected chi connectivity index (χ0v) is 18.1. The van der Waals surface area contributed by atoms with Crippen molar-refractivity contribution in [2.24, 2.45) is 0 Å². The molecular weight excluding hydrogens is 422 g/mol. The molecule has 6 nitrogen and oxygen atoms in total. The van der Waals surface area contributed by atoms with Crippen LogP contribution in [0, 0.1) is 0 Å². The number of aliphatic carboxylic acids is 1. The molecule has 0 bridgehead atoms. The van der Waals surface area contributed by atoms with Gasteiger partial charge in [-0.1, -0.05) is 60.4 Å². The molecule has 0 unspecified atom stereocenters. The number of nitrogens with zero attached hydrogens (tertiary/aromatic N) is 1. The van der Waals surface area contributed by atoms with Gasteiger partial charge in [0.2, 0.25) is 0 Å². The van der Waals surface area contributed by atoms with Gasteiger partial charge >= 0.3 is 0 Å². The van der Waals surface area contributed by atoms with Gasteiger partial charge in [-0.2, -0.15) is 0 Å². The summed E-state index contributed by atoms with van der Waals surface area (Å²) in [4.78, 5) is 26.3. The van der Waals surface area contributed by atoms with Crippen molar-refractivity contribution in [3.63, 3.8) is 0 Å². The van der Waals surface area contributed by atoms with E-state index in [1.807, 2.05) is 13.8 Å². The van der Waals surface area contributed by atoms with E-state index in [4.69, 9.17) is 21.7 Å². The monoisotopic (exact) mass is 442 g/mol. The number of ether oxygens (including phenoxy) is 2. The molecule has 2 aromatic rings. The quantitative estimate of drug-likeness (QED) is 0.459. The molecule has 1 aliphatic heterocycles. The Bertz CT molecular complexity index is 990. The van der Waals surface area contributed by atoms with Crippen molar-refractivity contribution >= 4 is 46.3 Å². The van der Waals surface area contributed by atoms with Gasteiger partial charge in [0.25, 0.3) is 5.91 Å². The summed E-state index contributed by atoms with van der Waals surface area (Å²) < 4.78 is 11.3. The predicted octanol–water partition coefficient (Wildman–Crippen LogP) is 3.18. The van der Waals surface area contributed by atoms with Crippen LogP contribution in [-0.4, -0.2) is 34.3 Å². The summed E-state index contributed by atoms with van der Waals surface area (Å²) in [5.74, 6) is -0.682. The minimum Gasteiger partial charge on any atom is -0.547 e. The molecule has 0 saturated carbocycles. The van der Waals surface area contributed by atoms with Crippen molar-refractivity contribution in [3.05, 3.63) is 64.6 Å². The summed E-state index contributed by atoms with van der Waals surface area (Å²) in [6.07, 6.45) is 1.66. The number of benzene rings is 2. The normalized spacial score (nSPS) is 16.1. The van der Waals surface area contributed by atoms with Gasteiger partial charge in [0.15, 0.2) is 11.5 Å². The lowest BCUT2D eigenvalue weighted by molar-refractivity contribution is -0.310. The first-order chi connectivity index (χ1) is 14.5. The van der Waals surface area contributed by atoms with Crippen LogP contribution in [0.1, 0.15) is 31.0 Å². The summed E-state index contributed by atoms with van der Waals surface area (Å²) in [6.45, 7) is 4.73. The molecule has 1 aliphatic rings. The average Bonchev–Trinajstić information content (AvgIpc) is 2.99. The van der Waals surface area contributed by atoms with Crippen LogP contribution in [0.15, 0.2) is 53.4 Å². The Labute approximate surface area is 184 Å². The number of thiocarbonyl (C=S) groups is 1. The average molecular weight is 443 g/mol. The Balaban J connectivity index is 1.93. The lowest BCUT2D eigenvalue weighted by atomic mass is 10.1. The molecule has 1 heterocycles. The zero-order valence-electron chi connectivity index (χ0n) is 16.5. The summed E-state index contributed by atoms with van der Waals surface area (Å²) >= 11 is 6.38. The molecule has 0 radical (unpaired) electrons. The van der Waals surface area contributed by atoms with E-state index in [1.165, 1.54) is 0 Å². The number of carboxylic acids is 1. The Morgan fingerprint density at radius 1 is 1.13 bits per heavy atom. The van der Waals surface area contributed by atoms with Gasteiger partial charge in [-0.05, 0) is 43.2 Å². The lowest BCUT2D eigenvalue weighted by Crippen LogP contribution is -2.43. The molecule has 1 saturated heterocycles. The van der Waals surface area contributed by atoms with E-state index >= 15 is 0 Å². The molecule has 0 N–H and O–H groups in total. The highest BCUT2D eigenvalue weighted by Crippen LogP contribution is 2.39. The Hall–Kier alpha value is -2.84. The van der Waals surface area contributed by atoms with Crippen LogP contribution in [0.25, 0.3) is 6.08 Å². The first-order valence-corrected chi connectivity index (χ1v) is 10.6. The van der Waals surface area contributed by atoms with Crippen molar-refractivity contribution in [2.75, 3.05) is 13.2 Å². The molecule has 0 aromatic heterocycles. The molecule has 30 heavy (non-hydrogen) atoms. The number of carbonyl (C=O) groups is 2. The molecule has 0 aliphatic carbocycles. The SMILES string of the molecule is CCOc1ccc(/C=C2/SC(=S)N([C@@H](C(=O)[O-])c3ccccc3)C2=O)cc1OCC. The first kappa shape index (κ1) is 21.9. The summed E-state index contributed by atoms with van der Waals surface area (Å²) in [5.41, 5.74) is 1.14. The van der Waals surface area contributed by atoms with Crippen LogP contribution in [0.4, 0.5) is 0 Å². The van der Waals surface area contributed by atoms with E-state index in [-0.39, 0.29) is 4.32 Å². The van der Waals surface area contributed by atoms with Gasteiger partial charge < -0.3 is 19.4 Å². The minimum atomic E-state index is -1.39. The highest BCUT2D eigenvalue weighted by atomic mass is 32.2. The molecule has 8 heteroatoms. The van der Waals surface area contributed by atoms with E-state index in [2.05, 4.69) is 0 Å². The molecule has 156 valence electrons. The number of carboxylic acid groups (broad SMARTS) is 1. The first-order valence-electron chi connectivity index (χ1n) is 9.38. The number of rotatable bonds is 8. The van der Waals surface area contributed by atoms with Crippen LogP contribution >= 0.6 is 24.0 Å². The highest BCUT2D eigenvalue weighted by Gasteiger charge is 2.38. The van der Waals surface area contributed by atoms with Crippen LogP contribution in [-0.2, 0) is 9.59 Å². The van der Waals surface area contributed by atoms with Crippen LogP contribution < -0.4 is 14.6 Å². The molecule has 2 aromatic carbocycles. The maximum Gasteiger partial charge on any atom is 0.267 e. The molecule has 1 atom stereocenters. The molecule has 1 amide bonds. The smallest absolute Gasteiger partial charge is 0.267 e. The van der Waals surface area contributed by atoms with Crippen molar-refractivity contribution in [3.8, 4) is 11.5 Å². The van der Waals surface area contributed by atoms with E-state index in [1.54, 1.807) is 54.6 Å². The second kappa shape index (κ2) is 9.77. The number of hydrogen-bond donors (Lipinski definition) is 0. The maximum atomic E-state index is 13.0. The summed E-state index contributed by atoms with van der Waals surface area (Å²) in [7, 11) is 0. The lowest BCUT2D eigenvalue weighted by Gasteiger charge is -2.27. The Morgan fingerprint density at radius 3 is 2.43 bits per heavy atom. The third kappa shape index (κ3) is 4.66. The van der Waals surface area contributed by atoms with E-state index < -0.39 is 17.9 Å². The fraction of sp³-hybridized carbons (Fsp3) is 0.227. The fourth-order valence-corrected chi connectivity index (χ4v) is 4.35. The highest BCUT2D eigenvalue weighted by molar-refractivity contribution is 8.26. The topological polar surface area (TPSA) is 78.9 Å². The second-order valence-electron chi connectivity index (χ2n) is 6.26. The molecular formula is C22H20NO5S2-. The number of thioether (sulfide) groups is 1. The minimum absolute atomic E-state index is 0.167. The largest absolute Gasteiger partial charge is 0.547 e. The standard InChI is InChI=1S/C22H21NO5S2/c1-3-27-16-11-10-14(12-17(16)28-4-2)13-18-20(24)23(22(29)30-18)19(21(25)26)15-8-6-5-7-9-15/h5-13,19H,3-4H2,1-2H3,(H,25,26)/p-1/b18-13+/t19-/m1/s1. The van der Waals surface area contributed by atoms with Gasteiger partial charge in [0.05, 0.1) is 24.1 Å². The third-order valence-electron chi connectivity index (χ3n) is 4.29. The fourth-order valence-electron chi connectivity index (χ4n) is 3.04. The van der Waals surface area contributed by atoms with Crippen LogP contribution in [0.2, 0.25) is 0 Å². The van der Waals surface area contributed by atoms with Crippen molar-refractivity contribution < 1.29 is 24.2 Å². The van der Waals surface area contributed by atoms with E-state index in [0.29, 0.717) is 40.7 Å². The summed E-state index contributed by atoms with van der Waals surface area (Å²) in [5, 5.41) is 11.8. The van der Waals surface area contributed by atoms with Gasteiger partial charge in [-0.25, -0.2) is 0 Å². The van der Waals surface area contributed by atoms with Crippen LogP contribution in [0.5, 0.6) is 11.5 Å². The van der Waals surface area contributed by atoms with Gasteiger partial charge in [-0.3, -0.25) is 9.69 Å². The number of amides is 1. The Kier molecular flexibility index (Phi) is 7.12. The molecule has 0 spiro atoms. The third-order valence-corrected chi connectivity index (χ3v) is 5.62. The molecule has 1 fully saturated rings. The van der Waals surface area contributed by atoms with Crippen molar-refractivity contribution in [2.45, 2.75) is 19.9 Å². The summed E-state index contributed by atoms with van der Waals surface area (Å²) in [6, 6.07) is 12.5. The zero-order chi connectivity index (χ0) is 21.7. The Morgan fingerprint density at radius 2 is 1.80 bits per heavy atom. The van der Waals surface area contributed by atoms with E-state index in [9.17, 15) is 14.7 Å². The van der Waals surface area contributed by atoms with Gasteiger partial charge in [0.1, 0.15) is 10.4 Å². The van der Waals surface area contributed by atoms with Crippen LogP contribution in [0.3, 0.4) is 0 Å². The predicted molar refractivity (Wildman–Crippen MR) is 118 cm³/mol. The van der Waals surface area contributed by atoms with Crippen molar-refractivity contribution in [1.82, 2.24) is 4.90 Å². The molecule has 3 rings (SSSR count). The van der Waals surface area contributed by atoms with Crippen molar-refractivity contribution in [1.29, 1.82) is 0 Å². The number of hydrogen-bond acceptors (Lipinski definition) is 7. The van der Waals surface area contributed by atoms with E-state index in [0.717, 1.165) is 16.7 Å². The van der Waals surface area contributed by atoms with Gasteiger partial charge in [0, 0.05) is 0 Å².